The number of fused-ring (bicyclic) bond motifs is 1. The van der Waals surface area contributed by atoms with Gasteiger partial charge in [0.2, 0.25) is 5.91 Å². The molecule has 6 N–H and O–H groups in total. The van der Waals surface area contributed by atoms with E-state index in [1.54, 1.807) is 0 Å². The molecule has 0 aliphatic carbocycles. The number of piperazine rings is 1. The highest BCUT2D eigenvalue weighted by molar-refractivity contribution is 5.81. The first-order valence-electron chi connectivity index (χ1n) is 10.2. The van der Waals surface area contributed by atoms with Crippen LogP contribution in [0.1, 0.15) is 12.5 Å². The minimum Gasteiger partial charge on any atom is -0.369 e. The van der Waals surface area contributed by atoms with Gasteiger partial charge in [-0.05, 0) is 24.6 Å². The summed E-state index contributed by atoms with van der Waals surface area (Å²) >= 11 is 0. The van der Waals surface area contributed by atoms with Crippen molar-refractivity contribution in [2.24, 2.45) is 5.92 Å². The molecule has 1 amide bonds. The van der Waals surface area contributed by atoms with Crippen molar-refractivity contribution >= 4 is 11.6 Å². The summed E-state index contributed by atoms with van der Waals surface area (Å²) in [7, 11) is 0. The fraction of sp³-hybridized carbons (Fsp3) is 0.632. The predicted molar refractivity (Wildman–Crippen MR) is 107 cm³/mol. The van der Waals surface area contributed by atoms with Gasteiger partial charge in [-0.1, -0.05) is 12.1 Å². The van der Waals surface area contributed by atoms with Crippen molar-refractivity contribution in [1.29, 1.82) is 0 Å². The van der Waals surface area contributed by atoms with Gasteiger partial charge < -0.3 is 15.4 Å². The number of hydrogen-bond donors (Lipinski definition) is 6. The number of amides is 1. The Morgan fingerprint density at radius 3 is 2.71 bits per heavy atom. The molecule has 3 aliphatic rings. The summed E-state index contributed by atoms with van der Waals surface area (Å²) in [6.45, 7) is 8.47. The number of anilines is 1. The summed E-state index contributed by atoms with van der Waals surface area (Å²) in [5.74, 6) is -0.266. The van der Waals surface area contributed by atoms with Crippen LogP contribution in [0, 0.1) is 5.92 Å². The molecule has 9 nitrogen and oxygen atoms in total. The maximum absolute atomic E-state index is 12.4. The zero-order valence-corrected chi connectivity index (χ0v) is 16.3. The van der Waals surface area contributed by atoms with Gasteiger partial charge in [0.1, 0.15) is 0 Å². The van der Waals surface area contributed by atoms with Crippen molar-refractivity contribution in [2.45, 2.75) is 32.0 Å². The fourth-order valence-electron chi connectivity index (χ4n) is 4.10. The normalized spacial score (nSPS) is 31.1. The lowest BCUT2D eigenvalue weighted by Gasteiger charge is -2.45. The van der Waals surface area contributed by atoms with E-state index < -0.39 is 0 Å². The lowest BCUT2D eigenvalue weighted by molar-refractivity contribution is -0.134. The van der Waals surface area contributed by atoms with Crippen molar-refractivity contribution in [2.75, 3.05) is 44.6 Å². The Morgan fingerprint density at radius 1 is 1.18 bits per heavy atom. The first kappa shape index (κ1) is 19.6. The van der Waals surface area contributed by atoms with Crippen LogP contribution in [0.3, 0.4) is 0 Å². The number of benzene rings is 1. The Balaban J connectivity index is 1.41. The number of hydrazine groups is 1. The van der Waals surface area contributed by atoms with Crippen LogP contribution >= 0.6 is 0 Å². The van der Waals surface area contributed by atoms with Crippen molar-refractivity contribution in [1.82, 2.24) is 31.7 Å². The highest BCUT2D eigenvalue weighted by atomic mass is 16.5. The second-order valence-electron chi connectivity index (χ2n) is 7.52. The number of carbonyl (C=O) groups excluding carboxylic acids is 1. The highest BCUT2D eigenvalue weighted by Gasteiger charge is 2.43. The van der Waals surface area contributed by atoms with E-state index in [0.29, 0.717) is 13.2 Å². The molecule has 0 saturated carbocycles. The number of carbonyl (C=O) groups is 1. The quantitative estimate of drug-likeness (QED) is 0.367. The average molecular weight is 390 g/mol. The molecule has 1 aromatic carbocycles. The third kappa shape index (κ3) is 4.62. The molecule has 3 saturated heterocycles. The number of hydrogen-bond acceptors (Lipinski definition) is 8. The standard InChI is InChI=1S/C19H31N7O2/c1-2-28-19-23-15-11-21-25-18(27)16(15)17(24-19)22-14-5-3-13(4-6-14)12-26-9-7-20-8-10-26/h3-6,15-17,19-24H,2,7-12H2,1H3,(H,25,27). The van der Waals surface area contributed by atoms with E-state index in [0.717, 1.165) is 38.4 Å². The molecule has 1 aromatic rings. The predicted octanol–water partition coefficient (Wildman–Crippen LogP) is -1.04. The van der Waals surface area contributed by atoms with E-state index in [4.69, 9.17) is 4.74 Å². The summed E-state index contributed by atoms with van der Waals surface area (Å²) in [6.07, 6.45) is -0.507. The van der Waals surface area contributed by atoms with E-state index in [1.807, 2.05) is 6.92 Å². The van der Waals surface area contributed by atoms with Gasteiger partial charge in [-0.25, -0.2) is 5.43 Å². The topological polar surface area (TPSA) is 102 Å². The number of rotatable bonds is 6. The number of ether oxygens (including phenoxy) is 1. The summed E-state index contributed by atoms with van der Waals surface area (Å²) in [6, 6.07) is 8.49. The van der Waals surface area contributed by atoms with Gasteiger partial charge >= 0.3 is 0 Å². The summed E-state index contributed by atoms with van der Waals surface area (Å²) in [5, 5.41) is 13.6. The molecule has 28 heavy (non-hydrogen) atoms. The molecule has 0 spiro atoms. The van der Waals surface area contributed by atoms with Gasteiger partial charge in [-0.15, -0.1) is 0 Å². The van der Waals surface area contributed by atoms with Crippen LogP contribution in [-0.2, 0) is 16.1 Å². The Kier molecular flexibility index (Phi) is 6.40. The minimum absolute atomic E-state index is 0.00367. The maximum Gasteiger partial charge on any atom is 0.242 e. The molecule has 0 radical (unpaired) electrons. The lowest BCUT2D eigenvalue weighted by atomic mass is 9.91. The second kappa shape index (κ2) is 9.17. The van der Waals surface area contributed by atoms with Crippen LogP contribution in [-0.4, -0.2) is 68.7 Å². The molecule has 154 valence electrons. The van der Waals surface area contributed by atoms with Crippen LogP contribution in [0.5, 0.6) is 0 Å². The Bertz CT molecular complexity index is 650. The van der Waals surface area contributed by atoms with E-state index in [9.17, 15) is 4.79 Å². The monoisotopic (exact) mass is 389 g/mol. The summed E-state index contributed by atoms with van der Waals surface area (Å²) in [5.41, 5.74) is 7.97. The molecule has 3 heterocycles. The minimum atomic E-state index is -0.288. The molecular formula is C19H31N7O2. The number of nitrogens with one attached hydrogen (secondary N) is 6. The summed E-state index contributed by atoms with van der Waals surface area (Å²) in [4.78, 5) is 14.9. The van der Waals surface area contributed by atoms with Crippen LogP contribution < -0.4 is 32.1 Å². The number of nitrogens with zero attached hydrogens (tertiary/aromatic N) is 1. The fourth-order valence-corrected chi connectivity index (χ4v) is 4.10. The van der Waals surface area contributed by atoms with Crippen molar-refractivity contribution in [3.05, 3.63) is 29.8 Å². The second-order valence-corrected chi connectivity index (χ2v) is 7.52. The van der Waals surface area contributed by atoms with Gasteiger partial charge in [-0.3, -0.25) is 25.8 Å². The van der Waals surface area contributed by atoms with E-state index in [1.165, 1.54) is 5.56 Å². The van der Waals surface area contributed by atoms with Crippen molar-refractivity contribution in [3.63, 3.8) is 0 Å². The Labute approximate surface area is 165 Å². The SMILES string of the molecule is CCOC1NC2CNNC(=O)C2C(Nc2ccc(CN3CCNCC3)cc2)N1. The largest absolute Gasteiger partial charge is 0.369 e. The Morgan fingerprint density at radius 2 is 1.96 bits per heavy atom. The van der Waals surface area contributed by atoms with Crippen LogP contribution in [0.15, 0.2) is 24.3 Å². The highest BCUT2D eigenvalue weighted by Crippen LogP contribution is 2.21. The maximum atomic E-state index is 12.4. The molecule has 4 atom stereocenters. The van der Waals surface area contributed by atoms with Gasteiger partial charge in [0.15, 0.2) is 6.35 Å². The van der Waals surface area contributed by atoms with Gasteiger partial charge in [0.25, 0.3) is 0 Å². The molecule has 0 aromatic heterocycles. The van der Waals surface area contributed by atoms with Crippen LogP contribution in [0.2, 0.25) is 0 Å². The first-order chi connectivity index (χ1) is 13.7. The third-order valence-corrected chi connectivity index (χ3v) is 5.55. The third-order valence-electron chi connectivity index (χ3n) is 5.55. The first-order valence-corrected chi connectivity index (χ1v) is 10.2. The van der Waals surface area contributed by atoms with Gasteiger partial charge in [0, 0.05) is 57.6 Å². The molecule has 3 aliphatic heterocycles. The van der Waals surface area contributed by atoms with E-state index in [2.05, 4.69) is 61.3 Å². The average Bonchev–Trinajstić information content (AvgIpc) is 2.70. The van der Waals surface area contributed by atoms with Crippen LogP contribution in [0.25, 0.3) is 0 Å². The molecule has 4 unspecified atom stereocenters. The zero-order valence-electron chi connectivity index (χ0n) is 16.3. The molecule has 4 rings (SSSR count). The van der Waals surface area contributed by atoms with Gasteiger partial charge in [-0.2, -0.15) is 0 Å². The van der Waals surface area contributed by atoms with E-state index >= 15 is 0 Å². The molecule has 0 bridgehead atoms. The Hall–Kier alpha value is -1.75. The lowest BCUT2D eigenvalue weighted by Crippen LogP contribution is -2.74. The zero-order chi connectivity index (χ0) is 19.3. The van der Waals surface area contributed by atoms with E-state index in [-0.39, 0.29) is 30.4 Å². The molecule has 3 fully saturated rings. The van der Waals surface area contributed by atoms with Crippen LogP contribution in [0.4, 0.5) is 5.69 Å². The smallest absolute Gasteiger partial charge is 0.242 e. The van der Waals surface area contributed by atoms with Crippen molar-refractivity contribution in [3.8, 4) is 0 Å². The molecule has 9 heteroatoms. The molecular weight excluding hydrogens is 358 g/mol. The van der Waals surface area contributed by atoms with Crippen molar-refractivity contribution < 1.29 is 9.53 Å². The van der Waals surface area contributed by atoms with Gasteiger partial charge in [0.05, 0.1) is 12.1 Å². The summed E-state index contributed by atoms with van der Waals surface area (Å²) < 4.78 is 5.71.